The normalized spacial score (nSPS) is 10.8. The maximum atomic E-state index is 5.95. The van der Waals surface area contributed by atoms with Gasteiger partial charge in [-0.3, -0.25) is 4.98 Å². The molecular formula is C11H11ClN2. The van der Waals surface area contributed by atoms with Gasteiger partial charge in [-0.2, -0.15) is 0 Å². The zero-order valence-corrected chi connectivity index (χ0v) is 8.89. The molecule has 2 nitrogen and oxygen atoms in total. The van der Waals surface area contributed by atoms with E-state index in [4.69, 9.17) is 17.3 Å². The van der Waals surface area contributed by atoms with E-state index in [1.165, 1.54) is 0 Å². The minimum atomic E-state index is 0.701. The van der Waals surface area contributed by atoms with Crippen molar-refractivity contribution in [1.29, 1.82) is 0 Å². The maximum absolute atomic E-state index is 5.95. The lowest BCUT2D eigenvalue weighted by Gasteiger charge is -2.06. The highest BCUT2D eigenvalue weighted by Gasteiger charge is 2.05. The van der Waals surface area contributed by atoms with Gasteiger partial charge in [-0.1, -0.05) is 11.6 Å². The van der Waals surface area contributed by atoms with Crippen molar-refractivity contribution in [2.75, 3.05) is 5.73 Å². The molecule has 0 aliphatic rings. The Hall–Kier alpha value is -1.28. The Kier molecular flexibility index (Phi) is 2.08. The summed E-state index contributed by atoms with van der Waals surface area (Å²) in [6.07, 6.45) is 0. The lowest BCUT2D eigenvalue weighted by atomic mass is 10.1. The molecule has 1 aromatic carbocycles. The predicted molar refractivity (Wildman–Crippen MR) is 60.6 cm³/mol. The summed E-state index contributed by atoms with van der Waals surface area (Å²) >= 11 is 5.95. The second-order valence-corrected chi connectivity index (χ2v) is 3.91. The summed E-state index contributed by atoms with van der Waals surface area (Å²) < 4.78 is 0. The first-order chi connectivity index (χ1) is 6.58. The van der Waals surface area contributed by atoms with Crippen molar-refractivity contribution in [2.45, 2.75) is 13.8 Å². The number of anilines is 1. The third-order valence-corrected chi connectivity index (χ3v) is 2.45. The number of hydrogen-bond donors (Lipinski definition) is 1. The minimum Gasteiger partial charge on any atom is -0.398 e. The Bertz CT molecular complexity index is 459. The van der Waals surface area contributed by atoms with Gasteiger partial charge in [0.05, 0.1) is 5.52 Å². The second-order valence-electron chi connectivity index (χ2n) is 3.47. The monoisotopic (exact) mass is 206 g/mol. The van der Waals surface area contributed by atoms with Crippen LogP contribution in [0.1, 0.15) is 11.3 Å². The number of aromatic nitrogens is 1. The van der Waals surface area contributed by atoms with Crippen LogP contribution in [0.2, 0.25) is 5.02 Å². The van der Waals surface area contributed by atoms with E-state index in [0.29, 0.717) is 5.02 Å². The number of hydrogen-bond acceptors (Lipinski definition) is 2. The molecule has 2 aromatic rings. The van der Waals surface area contributed by atoms with Crippen LogP contribution in [0.4, 0.5) is 5.69 Å². The highest BCUT2D eigenvalue weighted by Crippen LogP contribution is 2.26. The molecule has 0 fully saturated rings. The molecule has 1 heterocycles. The van der Waals surface area contributed by atoms with Crippen molar-refractivity contribution >= 4 is 28.2 Å². The number of halogens is 1. The van der Waals surface area contributed by atoms with Gasteiger partial charge in [0.1, 0.15) is 0 Å². The summed E-state index contributed by atoms with van der Waals surface area (Å²) in [5.74, 6) is 0. The van der Waals surface area contributed by atoms with Crippen LogP contribution in [-0.4, -0.2) is 4.98 Å². The molecule has 1 aromatic heterocycles. The van der Waals surface area contributed by atoms with Gasteiger partial charge in [0.15, 0.2) is 0 Å². The average molecular weight is 207 g/mol. The number of rotatable bonds is 0. The Morgan fingerprint density at radius 2 is 1.93 bits per heavy atom. The van der Waals surface area contributed by atoms with E-state index in [1.54, 1.807) is 0 Å². The lowest BCUT2D eigenvalue weighted by Crippen LogP contribution is -1.93. The topological polar surface area (TPSA) is 38.9 Å². The average Bonchev–Trinajstić information content (AvgIpc) is 2.07. The zero-order valence-electron chi connectivity index (χ0n) is 8.13. The Morgan fingerprint density at radius 3 is 2.64 bits per heavy atom. The second kappa shape index (κ2) is 3.14. The fourth-order valence-corrected chi connectivity index (χ4v) is 1.89. The predicted octanol–water partition coefficient (Wildman–Crippen LogP) is 3.09. The van der Waals surface area contributed by atoms with Crippen LogP contribution in [-0.2, 0) is 0 Å². The van der Waals surface area contributed by atoms with Gasteiger partial charge < -0.3 is 5.73 Å². The molecule has 0 spiro atoms. The molecule has 0 saturated carbocycles. The molecular weight excluding hydrogens is 196 g/mol. The van der Waals surface area contributed by atoms with Crippen LogP contribution in [0.25, 0.3) is 10.9 Å². The first-order valence-corrected chi connectivity index (χ1v) is 4.78. The summed E-state index contributed by atoms with van der Waals surface area (Å²) in [6, 6.07) is 5.61. The van der Waals surface area contributed by atoms with Gasteiger partial charge in [0.25, 0.3) is 0 Å². The minimum absolute atomic E-state index is 0.701. The molecule has 0 amide bonds. The smallest absolute Gasteiger partial charge is 0.0756 e. The van der Waals surface area contributed by atoms with Gasteiger partial charge in [-0.15, -0.1) is 0 Å². The van der Waals surface area contributed by atoms with Crippen LogP contribution < -0.4 is 5.73 Å². The first kappa shape index (κ1) is 9.28. The number of nitrogens with zero attached hydrogens (tertiary/aromatic N) is 1. The summed E-state index contributed by atoms with van der Waals surface area (Å²) in [5, 5.41) is 1.63. The fourth-order valence-electron chi connectivity index (χ4n) is 1.62. The van der Waals surface area contributed by atoms with Crippen LogP contribution in [0, 0.1) is 13.8 Å². The molecule has 14 heavy (non-hydrogen) atoms. The Labute approximate surface area is 87.7 Å². The molecule has 0 bridgehead atoms. The van der Waals surface area contributed by atoms with E-state index in [0.717, 1.165) is 27.8 Å². The van der Waals surface area contributed by atoms with Crippen LogP contribution >= 0.6 is 11.6 Å². The Balaban J connectivity index is 2.94. The van der Waals surface area contributed by atoms with Gasteiger partial charge in [-0.25, -0.2) is 0 Å². The van der Waals surface area contributed by atoms with Crippen molar-refractivity contribution in [3.05, 3.63) is 34.5 Å². The number of fused-ring (bicyclic) bond motifs is 1. The number of benzene rings is 1. The number of aryl methyl sites for hydroxylation is 2. The number of nitrogens with two attached hydrogens (primary N) is 1. The van der Waals surface area contributed by atoms with E-state index in [1.807, 2.05) is 32.0 Å². The number of pyridine rings is 1. The number of nitrogen functional groups attached to an aromatic ring is 1. The lowest BCUT2D eigenvalue weighted by molar-refractivity contribution is 1.24. The zero-order chi connectivity index (χ0) is 10.3. The van der Waals surface area contributed by atoms with Crippen LogP contribution in [0.3, 0.4) is 0 Å². The van der Waals surface area contributed by atoms with Crippen molar-refractivity contribution in [2.24, 2.45) is 0 Å². The summed E-state index contributed by atoms with van der Waals surface area (Å²) in [6.45, 7) is 3.92. The van der Waals surface area contributed by atoms with Crippen molar-refractivity contribution in [3.8, 4) is 0 Å². The van der Waals surface area contributed by atoms with Crippen LogP contribution in [0.15, 0.2) is 18.2 Å². The maximum Gasteiger partial charge on any atom is 0.0756 e. The third-order valence-electron chi connectivity index (χ3n) is 2.23. The highest BCUT2D eigenvalue weighted by atomic mass is 35.5. The fraction of sp³-hybridized carbons (Fsp3) is 0.182. The van der Waals surface area contributed by atoms with E-state index in [-0.39, 0.29) is 0 Å². The SMILES string of the molecule is Cc1cc(N)c2cc(Cl)cc(C)c2n1. The third kappa shape index (κ3) is 1.42. The van der Waals surface area contributed by atoms with Gasteiger partial charge >= 0.3 is 0 Å². The summed E-state index contributed by atoms with van der Waals surface area (Å²) in [7, 11) is 0. The van der Waals surface area contributed by atoms with Crippen molar-refractivity contribution < 1.29 is 0 Å². The first-order valence-electron chi connectivity index (χ1n) is 4.41. The van der Waals surface area contributed by atoms with Gasteiger partial charge in [0, 0.05) is 21.8 Å². The van der Waals surface area contributed by atoms with E-state index < -0.39 is 0 Å². The van der Waals surface area contributed by atoms with Crippen molar-refractivity contribution in [3.63, 3.8) is 0 Å². The molecule has 2 rings (SSSR count). The molecule has 0 aliphatic carbocycles. The molecule has 2 N–H and O–H groups in total. The molecule has 0 atom stereocenters. The molecule has 0 unspecified atom stereocenters. The molecule has 3 heteroatoms. The van der Waals surface area contributed by atoms with Gasteiger partial charge in [0.2, 0.25) is 0 Å². The highest BCUT2D eigenvalue weighted by molar-refractivity contribution is 6.31. The van der Waals surface area contributed by atoms with Crippen LogP contribution in [0.5, 0.6) is 0 Å². The quantitative estimate of drug-likeness (QED) is 0.720. The van der Waals surface area contributed by atoms with E-state index >= 15 is 0 Å². The summed E-state index contributed by atoms with van der Waals surface area (Å²) in [4.78, 5) is 4.44. The Morgan fingerprint density at radius 1 is 1.21 bits per heavy atom. The largest absolute Gasteiger partial charge is 0.398 e. The van der Waals surface area contributed by atoms with E-state index in [9.17, 15) is 0 Å². The standard InChI is InChI=1S/C11H11ClN2/c1-6-3-8(12)5-9-10(13)4-7(2)14-11(6)9/h3-5H,1-2H3,(H2,13,14). The molecule has 0 aliphatic heterocycles. The van der Waals surface area contributed by atoms with Crippen molar-refractivity contribution in [1.82, 2.24) is 4.98 Å². The molecule has 0 radical (unpaired) electrons. The molecule has 0 saturated heterocycles. The molecule has 72 valence electrons. The summed E-state index contributed by atoms with van der Waals surface area (Å²) in [5.41, 5.74) is 9.56. The van der Waals surface area contributed by atoms with E-state index in [2.05, 4.69) is 4.98 Å². The van der Waals surface area contributed by atoms with Gasteiger partial charge in [-0.05, 0) is 37.6 Å².